The monoisotopic (exact) mass is 168 g/mol. The summed E-state index contributed by atoms with van der Waals surface area (Å²) >= 11 is 0. The average molecular weight is 168 g/mol. The fourth-order valence-electron chi connectivity index (χ4n) is 0.813. The lowest BCUT2D eigenvalue weighted by Crippen LogP contribution is -1.92. The van der Waals surface area contributed by atoms with Crippen molar-refractivity contribution in [1.29, 1.82) is 0 Å². The Bertz CT molecular complexity index is 159. The summed E-state index contributed by atoms with van der Waals surface area (Å²) in [7, 11) is 0. The maximum Gasteiger partial charge on any atom is 0.335 e. The highest BCUT2D eigenvalue weighted by Gasteiger charge is 1.90. The first-order valence-electron chi connectivity index (χ1n) is 4.29. The van der Waals surface area contributed by atoms with Gasteiger partial charge in [0.1, 0.15) is 0 Å². The predicted molar refractivity (Wildman–Crippen MR) is 49.6 cm³/mol. The van der Waals surface area contributed by atoms with Crippen molar-refractivity contribution in [3.05, 3.63) is 25.0 Å². The maximum atomic E-state index is 10.7. The summed E-state index contributed by atoms with van der Waals surface area (Å²) in [5.41, 5.74) is 0. The summed E-state index contributed by atoms with van der Waals surface area (Å²) in [6, 6.07) is 0. The number of hydrogen-bond acceptors (Lipinski definition) is 2. The first-order valence-corrected chi connectivity index (χ1v) is 4.29. The van der Waals surface area contributed by atoms with Crippen LogP contribution in [-0.2, 0) is 9.53 Å². The van der Waals surface area contributed by atoms with Crippen molar-refractivity contribution in [2.24, 2.45) is 0 Å². The Labute approximate surface area is 73.9 Å². The van der Waals surface area contributed by atoms with E-state index in [9.17, 15) is 4.79 Å². The van der Waals surface area contributed by atoms with Gasteiger partial charge < -0.3 is 4.74 Å². The molecule has 0 heterocycles. The van der Waals surface area contributed by atoms with Crippen molar-refractivity contribution in [2.45, 2.75) is 32.6 Å². The minimum Gasteiger partial charge on any atom is -0.432 e. The molecule has 0 amide bonds. The number of ether oxygens (including phenoxy) is 1. The number of unbranched alkanes of at least 4 members (excludes halogenated alkanes) is 3. The van der Waals surface area contributed by atoms with E-state index in [4.69, 9.17) is 0 Å². The predicted octanol–water partition coefficient (Wildman–Crippen LogP) is 2.81. The summed E-state index contributed by atoms with van der Waals surface area (Å²) in [5, 5.41) is 0. The summed E-state index contributed by atoms with van der Waals surface area (Å²) in [5.74, 6) is -0.346. The zero-order valence-electron chi connectivity index (χ0n) is 7.58. The SMILES string of the molecule is C=COC(=O)/C=C/CCCCC. The molecule has 0 aliphatic rings. The zero-order chi connectivity index (χ0) is 9.23. The number of rotatable bonds is 6. The van der Waals surface area contributed by atoms with Gasteiger partial charge in [0.15, 0.2) is 0 Å². The molecule has 0 aromatic rings. The van der Waals surface area contributed by atoms with E-state index in [0.717, 1.165) is 19.1 Å². The van der Waals surface area contributed by atoms with Crippen molar-refractivity contribution in [3.8, 4) is 0 Å². The Balaban J connectivity index is 3.34. The number of carbonyl (C=O) groups excluding carboxylic acids is 1. The highest BCUT2D eigenvalue weighted by Crippen LogP contribution is 1.99. The molecule has 0 fully saturated rings. The van der Waals surface area contributed by atoms with Crippen molar-refractivity contribution < 1.29 is 9.53 Å². The molecule has 2 heteroatoms. The van der Waals surface area contributed by atoms with Gasteiger partial charge in [-0.1, -0.05) is 32.4 Å². The molecular weight excluding hydrogens is 152 g/mol. The average Bonchev–Trinajstić information content (AvgIpc) is 2.05. The third kappa shape index (κ3) is 7.06. The maximum absolute atomic E-state index is 10.7. The second-order valence-electron chi connectivity index (χ2n) is 2.50. The van der Waals surface area contributed by atoms with Gasteiger partial charge in [0.2, 0.25) is 0 Å². The van der Waals surface area contributed by atoms with Crippen LogP contribution in [0.3, 0.4) is 0 Å². The molecule has 2 nitrogen and oxygen atoms in total. The van der Waals surface area contributed by atoms with Gasteiger partial charge in [-0.15, -0.1) is 0 Å². The van der Waals surface area contributed by atoms with Gasteiger partial charge in [-0.3, -0.25) is 0 Å². The van der Waals surface area contributed by atoms with Crippen molar-refractivity contribution in [1.82, 2.24) is 0 Å². The minimum atomic E-state index is -0.346. The smallest absolute Gasteiger partial charge is 0.335 e. The Morgan fingerprint density at radius 3 is 2.83 bits per heavy atom. The lowest BCUT2D eigenvalue weighted by molar-refractivity contribution is -0.132. The molecule has 0 rings (SSSR count). The molecule has 0 saturated heterocycles. The molecule has 0 aliphatic heterocycles. The van der Waals surface area contributed by atoms with Crippen LogP contribution in [0.1, 0.15) is 32.6 Å². The molecule has 0 aromatic carbocycles. The molecule has 0 saturated carbocycles. The topological polar surface area (TPSA) is 26.3 Å². The lowest BCUT2D eigenvalue weighted by Gasteiger charge is -1.92. The largest absolute Gasteiger partial charge is 0.432 e. The second kappa shape index (κ2) is 8.05. The highest BCUT2D eigenvalue weighted by molar-refractivity contribution is 5.82. The Hall–Kier alpha value is -1.05. The quantitative estimate of drug-likeness (QED) is 0.264. The number of carbonyl (C=O) groups is 1. The van der Waals surface area contributed by atoms with Crippen LogP contribution < -0.4 is 0 Å². The van der Waals surface area contributed by atoms with Gasteiger partial charge in [0, 0.05) is 6.08 Å². The molecule has 0 bridgehead atoms. The van der Waals surface area contributed by atoms with Crippen LogP contribution in [0.2, 0.25) is 0 Å². The fraction of sp³-hybridized carbons (Fsp3) is 0.500. The molecule has 0 N–H and O–H groups in total. The van der Waals surface area contributed by atoms with Crippen LogP contribution in [0.4, 0.5) is 0 Å². The van der Waals surface area contributed by atoms with Crippen molar-refractivity contribution >= 4 is 5.97 Å². The number of hydrogen-bond donors (Lipinski definition) is 0. The van der Waals surface area contributed by atoms with Gasteiger partial charge in [0.25, 0.3) is 0 Å². The summed E-state index contributed by atoms with van der Waals surface area (Å²) in [4.78, 5) is 10.7. The number of esters is 1. The fourth-order valence-corrected chi connectivity index (χ4v) is 0.813. The summed E-state index contributed by atoms with van der Waals surface area (Å²) in [6.07, 6.45) is 8.90. The van der Waals surface area contributed by atoms with E-state index in [0.29, 0.717) is 0 Å². The Morgan fingerprint density at radius 2 is 2.25 bits per heavy atom. The minimum absolute atomic E-state index is 0.346. The zero-order valence-corrected chi connectivity index (χ0v) is 7.58. The van der Waals surface area contributed by atoms with E-state index in [1.807, 2.05) is 6.08 Å². The third-order valence-electron chi connectivity index (χ3n) is 1.43. The van der Waals surface area contributed by atoms with Gasteiger partial charge in [-0.2, -0.15) is 0 Å². The van der Waals surface area contributed by atoms with Crippen molar-refractivity contribution in [2.75, 3.05) is 0 Å². The third-order valence-corrected chi connectivity index (χ3v) is 1.43. The molecule has 0 aromatic heterocycles. The van der Waals surface area contributed by atoms with E-state index < -0.39 is 0 Å². The van der Waals surface area contributed by atoms with E-state index in [1.165, 1.54) is 18.9 Å². The first kappa shape index (κ1) is 11.0. The number of allylic oxidation sites excluding steroid dienone is 1. The van der Waals surface area contributed by atoms with Crippen LogP contribution in [0.25, 0.3) is 0 Å². The van der Waals surface area contributed by atoms with Crippen molar-refractivity contribution in [3.63, 3.8) is 0 Å². The van der Waals surface area contributed by atoms with E-state index >= 15 is 0 Å². The molecule has 0 atom stereocenters. The summed E-state index contributed by atoms with van der Waals surface area (Å²) in [6.45, 7) is 5.43. The molecule has 0 unspecified atom stereocenters. The molecule has 68 valence electrons. The van der Waals surface area contributed by atoms with Gasteiger partial charge in [-0.25, -0.2) is 4.79 Å². The van der Waals surface area contributed by atoms with Gasteiger partial charge in [0.05, 0.1) is 6.26 Å². The summed E-state index contributed by atoms with van der Waals surface area (Å²) < 4.78 is 4.49. The molecule has 12 heavy (non-hydrogen) atoms. The molecular formula is C10H16O2. The Morgan fingerprint density at radius 1 is 1.50 bits per heavy atom. The van der Waals surface area contributed by atoms with Crippen LogP contribution in [-0.4, -0.2) is 5.97 Å². The Kier molecular flexibility index (Phi) is 7.35. The highest BCUT2D eigenvalue weighted by atomic mass is 16.5. The van der Waals surface area contributed by atoms with Crippen LogP contribution in [0.5, 0.6) is 0 Å². The van der Waals surface area contributed by atoms with E-state index in [-0.39, 0.29) is 5.97 Å². The molecule has 0 spiro atoms. The second-order valence-corrected chi connectivity index (χ2v) is 2.50. The van der Waals surface area contributed by atoms with Gasteiger partial charge >= 0.3 is 5.97 Å². The normalized spacial score (nSPS) is 10.1. The van der Waals surface area contributed by atoms with Crippen LogP contribution in [0.15, 0.2) is 25.0 Å². The lowest BCUT2D eigenvalue weighted by atomic mass is 10.2. The van der Waals surface area contributed by atoms with E-state index in [1.54, 1.807) is 0 Å². The van der Waals surface area contributed by atoms with Gasteiger partial charge in [-0.05, 0) is 12.8 Å². The molecule has 0 aliphatic carbocycles. The van der Waals surface area contributed by atoms with Crippen LogP contribution >= 0.6 is 0 Å². The molecule has 0 radical (unpaired) electrons. The first-order chi connectivity index (χ1) is 5.81. The van der Waals surface area contributed by atoms with Crippen LogP contribution in [0, 0.1) is 0 Å². The van der Waals surface area contributed by atoms with E-state index in [2.05, 4.69) is 18.2 Å². The standard InChI is InChI=1S/C10H16O2/c1-3-5-6-7-8-9-10(11)12-4-2/h4,8-9H,2-3,5-7H2,1H3/b9-8+.